The Morgan fingerprint density at radius 1 is 1.44 bits per heavy atom. The van der Waals surface area contributed by atoms with Gasteiger partial charge in [0.25, 0.3) is 0 Å². The summed E-state index contributed by atoms with van der Waals surface area (Å²) in [6.07, 6.45) is 2.95. The van der Waals surface area contributed by atoms with Crippen molar-refractivity contribution in [1.29, 1.82) is 0 Å². The molecule has 0 fully saturated rings. The summed E-state index contributed by atoms with van der Waals surface area (Å²) in [5.41, 5.74) is 0.974. The lowest BCUT2D eigenvalue weighted by Crippen LogP contribution is -2.02. The molecule has 0 radical (unpaired) electrons. The summed E-state index contributed by atoms with van der Waals surface area (Å²) in [5.74, 6) is -0.417. The number of carboxylic acids is 1. The highest BCUT2D eigenvalue weighted by Crippen LogP contribution is 2.27. The highest BCUT2D eigenvalue weighted by atomic mass is 127. The first-order valence-corrected chi connectivity index (χ1v) is 6.13. The van der Waals surface area contributed by atoms with Crippen molar-refractivity contribution in [2.75, 3.05) is 0 Å². The number of benzene rings is 1. The second-order valence-electron chi connectivity index (χ2n) is 3.58. The summed E-state index contributed by atoms with van der Waals surface area (Å²) in [6, 6.07) is 4.97. The van der Waals surface area contributed by atoms with Gasteiger partial charge in [-0.3, -0.25) is 0 Å². The molecule has 0 amide bonds. The second kappa shape index (κ2) is 5.30. The monoisotopic (exact) mass is 356 g/mol. The smallest absolute Gasteiger partial charge is 0.339 e. The van der Waals surface area contributed by atoms with E-state index < -0.39 is 5.97 Å². The number of halogens is 1. The average Bonchev–Trinajstić information content (AvgIpc) is 2.34. The molecule has 6 heteroatoms. The molecular weight excluding hydrogens is 347 g/mol. The standard InChI is InChI=1S/C12H9IN2O3/c1-7-2-3-10(8(4-7)12(16)17)18-11-9(13)5-14-6-15-11/h2-6H,1H3,(H,16,17). The van der Waals surface area contributed by atoms with Crippen LogP contribution in [0.5, 0.6) is 11.6 Å². The van der Waals surface area contributed by atoms with Crippen molar-refractivity contribution >= 4 is 28.6 Å². The Labute approximate surface area is 117 Å². The molecular formula is C12H9IN2O3. The Morgan fingerprint density at radius 2 is 2.22 bits per heavy atom. The predicted molar refractivity (Wildman–Crippen MR) is 73.0 cm³/mol. The van der Waals surface area contributed by atoms with E-state index in [9.17, 15) is 4.79 Å². The second-order valence-corrected chi connectivity index (χ2v) is 4.74. The van der Waals surface area contributed by atoms with Gasteiger partial charge in [-0.2, -0.15) is 0 Å². The molecule has 0 unspecified atom stereocenters. The highest BCUT2D eigenvalue weighted by molar-refractivity contribution is 14.1. The van der Waals surface area contributed by atoms with Gasteiger partial charge in [-0.1, -0.05) is 11.6 Å². The minimum absolute atomic E-state index is 0.115. The molecule has 92 valence electrons. The summed E-state index contributed by atoms with van der Waals surface area (Å²) < 4.78 is 6.23. The number of ether oxygens (including phenoxy) is 1. The number of aromatic nitrogens is 2. The molecule has 1 aromatic heterocycles. The fourth-order valence-electron chi connectivity index (χ4n) is 1.38. The van der Waals surface area contributed by atoms with Crippen molar-refractivity contribution in [2.45, 2.75) is 6.92 Å². The van der Waals surface area contributed by atoms with Gasteiger partial charge in [-0.15, -0.1) is 0 Å². The van der Waals surface area contributed by atoms with E-state index in [4.69, 9.17) is 9.84 Å². The SMILES string of the molecule is Cc1ccc(Oc2ncncc2I)c(C(=O)O)c1. The maximum absolute atomic E-state index is 11.1. The van der Waals surface area contributed by atoms with Crippen LogP contribution in [0.3, 0.4) is 0 Å². The molecule has 0 saturated carbocycles. The fourth-order valence-corrected chi connectivity index (χ4v) is 1.79. The Morgan fingerprint density at radius 3 is 2.89 bits per heavy atom. The topological polar surface area (TPSA) is 72.3 Å². The third kappa shape index (κ3) is 2.76. The summed E-state index contributed by atoms with van der Waals surface area (Å²) >= 11 is 2.03. The van der Waals surface area contributed by atoms with Crippen LogP contribution in [0.2, 0.25) is 0 Å². The molecule has 1 aromatic carbocycles. The van der Waals surface area contributed by atoms with Crippen molar-refractivity contribution in [2.24, 2.45) is 0 Å². The van der Waals surface area contributed by atoms with E-state index >= 15 is 0 Å². The minimum Gasteiger partial charge on any atom is -0.478 e. The molecule has 2 rings (SSSR count). The van der Waals surface area contributed by atoms with Crippen LogP contribution in [-0.4, -0.2) is 21.0 Å². The van der Waals surface area contributed by atoms with E-state index in [1.165, 1.54) is 6.33 Å². The molecule has 0 spiro atoms. The molecule has 0 saturated heterocycles. The molecule has 18 heavy (non-hydrogen) atoms. The van der Waals surface area contributed by atoms with Crippen molar-refractivity contribution in [3.63, 3.8) is 0 Å². The lowest BCUT2D eigenvalue weighted by atomic mass is 10.1. The number of rotatable bonds is 3. The summed E-state index contributed by atoms with van der Waals surface area (Å²) in [6.45, 7) is 1.82. The molecule has 1 heterocycles. The van der Waals surface area contributed by atoms with E-state index in [2.05, 4.69) is 9.97 Å². The van der Waals surface area contributed by atoms with E-state index in [0.717, 1.165) is 5.56 Å². The van der Waals surface area contributed by atoms with E-state index in [-0.39, 0.29) is 11.3 Å². The molecule has 5 nitrogen and oxygen atoms in total. The molecule has 0 atom stereocenters. The molecule has 2 aromatic rings. The van der Waals surface area contributed by atoms with Gasteiger partial charge < -0.3 is 9.84 Å². The van der Waals surface area contributed by atoms with E-state index in [0.29, 0.717) is 9.45 Å². The van der Waals surface area contributed by atoms with Gasteiger partial charge in [0, 0.05) is 6.20 Å². The largest absolute Gasteiger partial charge is 0.478 e. The van der Waals surface area contributed by atoms with Crippen LogP contribution in [0.15, 0.2) is 30.7 Å². The number of carboxylic acid groups (broad SMARTS) is 1. The van der Waals surface area contributed by atoms with Gasteiger partial charge >= 0.3 is 5.97 Å². The summed E-state index contributed by atoms with van der Waals surface area (Å²) in [4.78, 5) is 18.9. The van der Waals surface area contributed by atoms with Gasteiger partial charge in [0.15, 0.2) is 0 Å². The number of hydrogen-bond donors (Lipinski definition) is 1. The fraction of sp³-hybridized carbons (Fsp3) is 0.0833. The average molecular weight is 356 g/mol. The van der Waals surface area contributed by atoms with Crippen LogP contribution in [-0.2, 0) is 0 Å². The molecule has 0 bridgehead atoms. The maximum atomic E-state index is 11.1. The first kappa shape index (κ1) is 12.7. The van der Waals surface area contributed by atoms with Gasteiger partial charge in [-0.05, 0) is 41.6 Å². The minimum atomic E-state index is -1.03. The van der Waals surface area contributed by atoms with Crippen LogP contribution in [0, 0.1) is 10.5 Å². The van der Waals surface area contributed by atoms with Crippen LogP contribution < -0.4 is 4.74 Å². The number of nitrogens with zero attached hydrogens (tertiary/aromatic N) is 2. The summed E-state index contributed by atoms with van der Waals surface area (Å²) in [5, 5.41) is 9.12. The zero-order valence-corrected chi connectivity index (χ0v) is 11.6. The first-order chi connectivity index (χ1) is 8.58. The van der Waals surface area contributed by atoms with Crippen molar-refractivity contribution < 1.29 is 14.6 Å². The van der Waals surface area contributed by atoms with Crippen LogP contribution in [0.25, 0.3) is 0 Å². The van der Waals surface area contributed by atoms with Gasteiger partial charge in [0.2, 0.25) is 5.88 Å². The number of aromatic carboxylic acids is 1. The lowest BCUT2D eigenvalue weighted by Gasteiger charge is -2.09. The van der Waals surface area contributed by atoms with Crippen molar-refractivity contribution in [3.8, 4) is 11.6 Å². The third-order valence-corrected chi connectivity index (χ3v) is 2.95. The Hall–Kier alpha value is -1.70. The molecule has 0 aliphatic rings. The normalized spacial score (nSPS) is 10.1. The van der Waals surface area contributed by atoms with Crippen molar-refractivity contribution in [1.82, 2.24) is 9.97 Å². The van der Waals surface area contributed by atoms with Gasteiger partial charge in [0.1, 0.15) is 17.6 Å². The van der Waals surface area contributed by atoms with Crippen LogP contribution in [0.1, 0.15) is 15.9 Å². The van der Waals surface area contributed by atoms with Gasteiger partial charge in [0.05, 0.1) is 3.57 Å². The quantitative estimate of drug-likeness (QED) is 0.857. The molecule has 0 aliphatic heterocycles. The summed E-state index contributed by atoms with van der Waals surface area (Å²) in [7, 11) is 0. The number of aryl methyl sites for hydroxylation is 1. The lowest BCUT2D eigenvalue weighted by molar-refractivity contribution is 0.0694. The number of hydrogen-bond acceptors (Lipinski definition) is 4. The van der Waals surface area contributed by atoms with Crippen LogP contribution >= 0.6 is 22.6 Å². The van der Waals surface area contributed by atoms with E-state index in [1.807, 2.05) is 29.5 Å². The Bertz CT molecular complexity index is 602. The first-order valence-electron chi connectivity index (χ1n) is 5.05. The predicted octanol–water partition coefficient (Wildman–Crippen LogP) is 2.88. The molecule has 1 N–H and O–H groups in total. The zero-order chi connectivity index (χ0) is 13.1. The number of carbonyl (C=O) groups is 1. The molecule has 0 aliphatic carbocycles. The maximum Gasteiger partial charge on any atom is 0.339 e. The Kier molecular flexibility index (Phi) is 3.75. The van der Waals surface area contributed by atoms with Gasteiger partial charge in [-0.25, -0.2) is 14.8 Å². The van der Waals surface area contributed by atoms with E-state index in [1.54, 1.807) is 24.4 Å². The Balaban J connectivity index is 2.41. The highest BCUT2D eigenvalue weighted by Gasteiger charge is 2.14. The van der Waals surface area contributed by atoms with Crippen molar-refractivity contribution in [3.05, 3.63) is 45.4 Å². The van der Waals surface area contributed by atoms with Crippen LogP contribution in [0.4, 0.5) is 0 Å². The third-order valence-electron chi connectivity index (χ3n) is 2.21. The zero-order valence-electron chi connectivity index (χ0n) is 9.42.